The molecule has 0 saturated heterocycles. The fraction of sp³-hybridized carbons (Fsp3) is 0.353. The van der Waals surface area contributed by atoms with Crippen molar-refractivity contribution in [3.63, 3.8) is 0 Å². The highest BCUT2D eigenvalue weighted by molar-refractivity contribution is 7.12. The molecule has 0 fully saturated rings. The molecule has 6 aromatic rings. The maximum absolute atomic E-state index is 5.08. The Balaban J connectivity index is 0.000000252. The topological polar surface area (TPSA) is 52.1 Å². The maximum atomic E-state index is 5.08. The van der Waals surface area contributed by atoms with Crippen LogP contribution in [0.1, 0.15) is 62.3 Å². The molecule has 0 unspecified atom stereocenters. The van der Waals surface area contributed by atoms with Gasteiger partial charge >= 0.3 is 0 Å². The molecule has 8 heteroatoms. The second-order valence-electron chi connectivity index (χ2n) is 9.61. The molecule has 4 nitrogen and oxygen atoms in total. The van der Waals surface area contributed by atoms with Crippen molar-refractivity contribution in [3.8, 4) is 0 Å². The molecule has 0 atom stereocenters. The molecule has 6 rings (SSSR count). The van der Waals surface area contributed by atoms with E-state index in [2.05, 4.69) is 75.8 Å². The van der Waals surface area contributed by atoms with E-state index in [4.69, 9.17) is 8.83 Å². The van der Waals surface area contributed by atoms with Crippen LogP contribution in [0, 0.1) is 83.1 Å². The highest BCUT2D eigenvalue weighted by Gasteiger charge is 1.88. The van der Waals surface area contributed by atoms with Crippen molar-refractivity contribution in [2.45, 2.75) is 83.1 Å². The van der Waals surface area contributed by atoms with Gasteiger partial charge in [0.25, 0.3) is 0 Å². The van der Waals surface area contributed by atoms with E-state index in [-0.39, 0.29) is 0 Å². The first-order valence-electron chi connectivity index (χ1n) is 13.6. The maximum Gasteiger partial charge on any atom is 0.101 e. The number of hydrogen-bond acceptors (Lipinski definition) is 8. The Hall–Kier alpha value is -2.78. The lowest BCUT2D eigenvalue weighted by atomic mass is 10.5. The van der Waals surface area contributed by atoms with Gasteiger partial charge in [-0.15, -0.1) is 45.3 Å². The van der Waals surface area contributed by atoms with Crippen LogP contribution in [0.4, 0.5) is 0 Å². The third-order valence-corrected chi connectivity index (χ3v) is 8.46. The summed E-state index contributed by atoms with van der Waals surface area (Å²) in [7, 11) is 0. The number of thiazole rings is 2. The molecule has 6 heterocycles. The van der Waals surface area contributed by atoms with E-state index in [0.717, 1.165) is 33.1 Å². The zero-order chi connectivity index (χ0) is 31.7. The van der Waals surface area contributed by atoms with E-state index >= 15 is 0 Å². The van der Waals surface area contributed by atoms with E-state index in [9.17, 15) is 0 Å². The van der Waals surface area contributed by atoms with Gasteiger partial charge in [0.1, 0.15) is 23.0 Å². The largest absolute Gasteiger partial charge is 0.467 e. The Labute approximate surface area is 269 Å². The lowest BCUT2D eigenvalue weighted by molar-refractivity contribution is 0.504. The number of hydrogen-bond donors (Lipinski definition) is 0. The summed E-state index contributed by atoms with van der Waals surface area (Å²) in [5, 5.41) is 2.30. The van der Waals surface area contributed by atoms with Crippen LogP contribution in [0.25, 0.3) is 0 Å². The minimum Gasteiger partial charge on any atom is -0.467 e. The number of nitrogens with zero attached hydrogens (tertiary/aromatic N) is 2. The highest BCUT2D eigenvalue weighted by atomic mass is 32.1. The van der Waals surface area contributed by atoms with Crippen LogP contribution in [-0.2, 0) is 0 Å². The van der Waals surface area contributed by atoms with Crippen LogP contribution in [0.15, 0.2) is 69.8 Å². The molecule has 0 N–H and O–H groups in total. The normalized spacial score (nSPS) is 9.43. The van der Waals surface area contributed by atoms with Crippen molar-refractivity contribution < 1.29 is 8.83 Å². The fourth-order valence-electron chi connectivity index (χ4n) is 3.16. The monoisotopic (exact) mass is 642 g/mol. The first-order valence-corrected chi connectivity index (χ1v) is 16.9. The first kappa shape index (κ1) is 37.2. The summed E-state index contributed by atoms with van der Waals surface area (Å²) in [6, 6.07) is 16.4. The fourth-order valence-corrected chi connectivity index (χ4v) is 6.08. The summed E-state index contributed by atoms with van der Waals surface area (Å²) in [6.07, 6.45) is 3.78. The van der Waals surface area contributed by atoms with Crippen LogP contribution in [0.3, 0.4) is 0 Å². The zero-order valence-electron chi connectivity index (χ0n) is 27.1. The summed E-state index contributed by atoms with van der Waals surface area (Å²) >= 11 is 7.15. The Bertz CT molecular complexity index is 1130. The van der Waals surface area contributed by atoms with E-state index in [1.54, 1.807) is 22.7 Å². The molecule has 42 heavy (non-hydrogen) atoms. The number of furan rings is 2. The van der Waals surface area contributed by atoms with Gasteiger partial charge in [-0.1, -0.05) is 0 Å². The molecular weight excluding hydrogens is 597 g/mol. The molecule has 0 amide bonds. The second kappa shape index (κ2) is 20.2. The summed E-state index contributed by atoms with van der Waals surface area (Å²) in [5.74, 6) is 3.94. The average molecular weight is 643 g/mol. The molecule has 0 bridgehead atoms. The predicted molar refractivity (Wildman–Crippen MR) is 187 cm³/mol. The third kappa shape index (κ3) is 18.6. The molecule has 6 aromatic heterocycles. The van der Waals surface area contributed by atoms with Crippen molar-refractivity contribution in [2.75, 3.05) is 0 Å². The molecule has 0 spiro atoms. The molecule has 0 radical (unpaired) electrons. The molecule has 228 valence electrons. The van der Waals surface area contributed by atoms with Gasteiger partial charge in [-0.25, -0.2) is 9.97 Å². The minimum atomic E-state index is 0.984. The van der Waals surface area contributed by atoms with Gasteiger partial charge in [0, 0.05) is 41.7 Å². The van der Waals surface area contributed by atoms with Gasteiger partial charge in [0.2, 0.25) is 0 Å². The number of rotatable bonds is 0. The smallest absolute Gasteiger partial charge is 0.101 e. The SMILES string of the molecule is Cc1ccc(C)o1.Cc1ccc(C)o1.Cc1ccc(C)s1.Cc1ccc(C)s1.Cc1cnc(C)s1.Cc1cnc(C)s1. The highest BCUT2D eigenvalue weighted by Crippen LogP contribution is 2.13. The minimum absolute atomic E-state index is 0.984. The van der Waals surface area contributed by atoms with Crippen molar-refractivity contribution >= 4 is 45.3 Å². The predicted octanol–water partition coefficient (Wildman–Crippen LogP) is 12.0. The van der Waals surface area contributed by atoms with E-state index in [1.807, 2.05) is 101 Å². The van der Waals surface area contributed by atoms with Gasteiger partial charge in [-0.3, -0.25) is 0 Å². The van der Waals surface area contributed by atoms with Crippen LogP contribution < -0.4 is 0 Å². The molecule has 0 aromatic carbocycles. The van der Waals surface area contributed by atoms with Gasteiger partial charge in [-0.05, 0) is 132 Å². The standard InChI is InChI=1S/2C6H8O.2C6H8S.2C5H7NS/c4*1-5-3-4-6(2)7-5;2*1-4-3-6-5(2)7-4/h4*3-4H,1-2H3;2*3H,1-2H3. The van der Waals surface area contributed by atoms with Crippen molar-refractivity contribution in [1.29, 1.82) is 0 Å². The van der Waals surface area contributed by atoms with E-state index < -0.39 is 0 Å². The molecule has 0 saturated carbocycles. The first-order chi connectivity index (χ1) is 19.7. The van der Waals surface area contributed by atoms with E-state index in [0.29, 0.717) is 0 Å². The molecule has 0 aliphatic heterocycles. The Kier molecular flexibility index (Phi) is 17.9. The summed E-state index contributed by atoms with van der Waals surface area (Å²) < 4.78 is 10.2. The number of aromatic nitrogens is 2. The summed E-state index contributed by atoms with van der Waals surface area (Å²) in [5.41, 5.74) is 0. The Morgan fingerprint density at radius 3 is 0.690 bits per heavy atom. The molecular formula is C34H46N2O2S4. The zero-order valence-corrected chi connectivity index (χ0v) is 30.4. The Morgan fingerprint density at radius 1 is 0.357 bits per heavy atom. The van der Waals surface area contributed by atoms with Gasteiger partial charge in [0.05, 0.1) is 10.0 Å². The molecule has 0 aliphatic rings. The lowest BCUT2D eigenvalue weighted by Gasteiger charge is -1.76. The van der Waals surface area contributed by atoms with Crippen molar-refractivity contribution in [1.82, 2.24) is 9.97 Å². The van der Waals surface area contributed by atoms with E-state index in [1.165, 1.54) is 29.3 Å². The van der Waals surface area contributed by atoms with Gasteiger partial charge < -0.3 is 8.83 Å². The van der Waals surface area contributed by atoms with Crippen LogP contribution in [-0.4, -0.2) is 9.97 Å². The van der Waals surface area contributed by atoms with Crippen LogP contribution in [0.5, 0.6) is 0 Å². The van der Waals surface area contributed by atoms with Gasteiger partial charge in [-0.2, -0.15) is 0 Å². The van der Waals surface area contributed by atoms with Gasteiger partial charge in [0.15, 0.2) is 0 Å². The average Bonchev–Trinajstić information content (AvgIpc) is 3.76. The summed E-state index contributed by atoms with van der Waals surface area (Å²) in [4.78, 5) is 16.2. The molecule has 0 aliphatic carbocycles. The quantitative estimate of drug-likeness (QED) is 0.165. The number of thiophene rings is 2. The third-order valence-electron chi connectivity index (χ3n) is 4.97. The lowest BCUT2D eigenvalue weighted by Crippen LogP contribution is -1.57. The van der Waals surface area contributed by atoms with Crippen LogP contribution in [0.2, 0.25) is 0 Å². The van der Waals surface area contributed by atoms with Crippen LogP contribution >= 0.6 is 45.3 Å². The summed E-state index contributed by atoms with van der Waals surface area (Å²) in [6.45, 7) is 24.4. The second-order valence-corrected chi connectivity index (χ2v) is 15.5. The number of aryl methyl sites for hydroxylation is 12. The Morgan fingerprint density at radius 2 is 0.619 bits per heavy atom. The van der Waals surface area contributed by atoms with Crippen molar-refractivity contribution in [3.05, 3.63) is 123 Å². The van der Waals surface area contributed by atoms with Crippen molar-refractivity contribution in [2.24, 2.45) is 0 Å².